The van der Waals surface area contributed by atoms with Crippen LogP contribution in [0.4, 0.5) is 5.69 Å². The van der Waals surface area contributed by atoms with Gasteiger partial charge in [0.2, 0.25) is 0 Å². The van der Waals surface area contributed by atoms with Crippen LogP contribution in [0.25, 0.3) is 0 Å². The Labute approximate surface area is 78.8 Å². The molecule has 0 spiro atoms. The van der Waals surface area contributed by atoms with Gasteiger partial charge in [0.15, 0.2) is 0 Å². The van der Waals surface area contributed by atoms with E-state index in [1.54, 1.807) is 6.20 Å². The summed E-state index contributed by atoms with van der Waals surface area (Å²) in [5, 5.41) is 12.1. The summed E-state index contributed by atoms with van der Waals surface area (Å²) in [6, 6.07) is 3.92. The van der Waals surface area contributed by atoms with E-state index in [-0.39, 0.29) is 12.5 Å². The number of aliphatic hydroxyl groups is 1. The van der Waals surface area contributed by atoms with Crippen LogP contribution in [0.2, 0.25) is 0 Å². The van der Waals surface area contributed by atoms with Crippen molar-refractivity contribution < 1.29 is 5.11 Å². The number of aliphatic hydroxyl groups excluding tert-OH is 1. The topological polar surface area (TPSA) is 45.1 Å². The third-order valence-electron chi connectivity index (χ3n) is 1.86. The molecule has 0 aliphatic heterocycles. The molecule has 1 aromatic rings. The first-order valence-electron chi connectivity index (χ1n) is 4.49. The number of aromatic nitrogens is 1. The summed E-state index contributed by atoms with van der Waals surface area (Å²) in [5.74, 6) is 0.286. The molecule has 13 heavy (non-hydrogen) atoms. The van der Waals surface area contributed by atoms with Crippen molar-refractivity contribution in [3.63, 3.8) is 0 Å². The van der Waals surface area contributed by atoms with Crippen LogP contribution >= 0.6 is 0 Å². The molecule has 1 aromatic heterocycles. The highest BCUT2D eigenvalue weighted by molar-refractivity contribution is 5.42. The summed E-state index contributed by atoms with van der Waals surface area (Å²) in [6.45, 7) is 4.97. The lowest BCUT2D eigenvalue weighted by molar-refractivity contribution is 0.244. The minimum atomic E-state index is 0.219. The number of anilines is 1. The van der Waals surface area contributed by atoms with Gasteiger partial charge in [0.05, 0.1) is 0 Å². The molecule has 1 atom stereocenters. The maximum Gasteiger partial charge on any atom is 0.0473 e. The van der Waals surface area contributed by atoms with Crippen LogP contribution in [0.15, 0.2) is 18.3 Å². The Morgan fingerprint density at radius 1 is 1.62 bits per heavy atom. The van der Waals surface area contributed by atoms with Crippen molar-refractivity contribution in [2.75, 3.05) is 18.5 Å². The molecule has 0 amide bonds. The van der Waals surface area contributed by atoms with Gasteiger partial charge in [-0.25, -0.2) is 0 Å². The second-order valence-electron chi connectivity index (χ2n) is 3.35. The van der Waals surface area contributed by atoms with Crippen molar-refractivity contribution >= 4 is 5.69 Å². The Morgan fingerprint density at radius 3 is 3.00 bits per heavy atom. The van der Waals surface area contributed by atoms with Crippen molar-refractivity contribution in [1.29, 1.82) is 0 Å². The molecule has 1 heterocycles. The molecular formula is C10H16N2O. The first-order chi connectivity index (χ1) is 6.22. The highest BCUT2D eigenvalue weighted by Crippen LogP contribution is 2.07. The fourth-order valence-electron chi connectivity index (χ4n) is 1.01. The Hall–Kier alpha value is -1.09. The molecule has 3 heteroatoms. The van der Waals surface area contributed by atoms with Gasteiger partial charge < -0.3 is 10.4 Å². The van der Waals surface area contributed by atoms with Crippen LogP contribution in [0.3, 0.4) is 0 Å². The summed E-state index contributed by atoms with van der Waals surface area (Å²) in [6.07, 6.45) is 1.78. The molecule has 72 valence electrons. The minimum Gasteiger partial charge on any atom is -0.396 e. The number of rotatable bonds is 4. The van der Waals surface area contributed by atoms with Gasteiger partial charge in [-0.15, -0.1) is 0 Å². The summed E-state index contributed by atoms with van der Waals surface area (Å²) in [5.41, 5.74) is 2.06. The Balaban J connectivity index is 2.45. The van der Waals surface area contributed by atoms with Gasteiger partial charge in [-0.05, 0) is 25.0 Å². The summed E-state index contributed by atoms with van der Waals surface area (Å²) in [4.78, 5) is 4.10. The van der Waals surface area contributed by atoms with Gasteiger partial charge in [-0.2, -0.15) is 0 Å². The molecule has 0 saturated heterocycles. The van der Waals surface area contributed by atoms with Crippen LogP contribution in [0.5, 0.6) is 0 Å². The smallest absolute Gasteiger partial charge is 0.0473 e. The van der Waals surface area contributed by atoms with Gasteiger partial charge in [-0.3, -0.25) is 4.98 Å². The standard InChI is InChI=1S/C10H16N2O/c1-8(7-13)6-12-10-3-4-11-9(2)5-10/h3-5,8,13H,6-7H2,1-2H3,(H,11,12). The van der Waals surface area contributed by atoms with E-state index in [1.807, 2.05) is 26.0 Å². The fraction of sp³-hybridized carbons (Fsp3) is 0.500. The fourth-order valence-corrected chi connectivity index (χ4v) is 1.01. The molecule has 0 fully saturated rings. The van der Waals surface area contributed by atoms with Crippen LogP contribution < -0.4 is 5.32 Å². The lowest BCUT2D eigenvalue weighted by Crippen LogP contribution is -2.14. The molecule has 2 N–H and O–H groups in total. The number of pyridine rings is 1. The largest absolute Gasteiger partial charge is 0.396 e. The highest BCUT2D eigenvalue weighted by Gasteiger charge is 1.99. The average Bonchev–Trinajstić information content (AvgIpc) is 2.14. The molecule has 0 saturated carbocycles. The number of nitrogens with zero attached hydrogens (tertiary/aromatic N) is 1. The summed E-state index contributed by atoms with van der Waals surface area (Å²) >= 11 is 0. The summed E-state index contributed by atoms with van der Waals surface area (Å²) in [7, 11) is 0. The van der Waals surface area contributed by atoms with E-state index in [9.17, 15) is 0 Å². The average molecular weight is 180 g/mol. The zero-order valence-corrected chi connectivity index (χ0v) is 8.12. The van der Waals surface area contributed by atoms with E-state index in [0.717, 1.165) is 17.9 Å². The third kappa shape index (κ3) is 3.42. The van der Waals surface area contributed by atoms with Crippen molar-refractivity contribution in [1.82, 2.24) is 4.98 Å². The van der Waals surface area contributed by atoms with Crippen molar-refractivity contribution in [3.8, 4) is 0 Å². The van der Waals surface area contributed by atoms with E-state index in [4.69, 9.17) is 5.11 Å². The summed E-state index contributed by atoms with van der Waals surface area (Å²) < 4.78 is 0. The second kappa shape index (κ2) is 4.82. The predicted octanol–water partition coefficient (Wildman–Crippen LogP) is 1.43. The molecule has 1 unspecified atom stereocenters. The molecule has 3 nitrogen and oxygen atoms in total. The van der Waals surface area contributed by atoms with E-state index in [0.29, 0.717) is 0 Å². The highest BCUT2D eigenvalue weighted by atomic mass is 16.3. The number of hydrogen-bond acceptors (Lipinski definition) is 3. The van der Waals surface area contributed by atoms with E-state index in [2.05, 4.69) is 10.3 Å². The van der Waals surface area contributed by atoms with Crippen LogP contribution in [-0.2, 0) is 0 Å². The minimum absolute atomic E-state index is 0.219. The molecule has 0 aliphatic carbocycles. The normalized spacial score (nSPS) is 12.5. The Kier molecular flexibility index (Phi) is 3.71. The van der Waals surface area contributed by atoms with E-state index < -0.39 is 0 Å². The predicted molar refractivity (Wildman–Crippen MR) is 53.7 cm³/mol. The van der Waals surface area contributed by atoms with Crippen molar-refractivity contribution in [3.05, 3.63) is 24.0 Å². The molecule has 0 aromatic carbocycles. The van der Waals surface area contributed by atoms with Gasteiger partial charge in [-0.1, -0.05) is 6.92 Å². The van der Waals surface area contributed by atoms with E-state index in [1.165, 1.54) is 0 Å². The number of aryl methyl sites for hydroxylation is 1. The lowest BCUT2D eigenvalue weighted by Gasteiger charge is -2.10. The molecule has 0 bridgehead atoms. The molecule has 1 rings (SSSR count). The van der Waals surface area contributed by atoms with Gasteiger partial charge in [0.25, 0.3) is 0 Å². The van der Waals surface area contributed by atoms with Crippen LogP contribution in [0, 0.1) is 12.8 Å². The number of nitrogens with one attached hydrogen (secondary N) is 1. The zero-order chi connectivity index (χ0) is 9.68. The second-order valence-corrected chi connectivity index (χ2v) is 3.35. The van der Waals surface area contributed by atoms with Gasteiger partial charge >= 0.3 is 0 Å². The van der Waals surface area contributed by atoms with E-state index >= 15 is 0 Å². The first-order valence-corrected chi connectivity index (χ1v) is 4.49. The monoisotopic (exact) mass is 180 g/mol. The van der Waals surface area contributed by atoms with Gasteiger partial charge in [0.1, 0.15) is 0 Å². The lowest BCUT2D eigenvalue weighted by atomic mass is 10.2. The van der Waals surface area contributed by atoms with Crippen molar-refractivity contribution in [2.24, 2.45) is 5.92 Å². The quantitative estimate of drug-likeness (QED) is 0.736. The van der Waals surface area contributed by atoms with Crippen molar-refractivity contribution in [2.45, 2.75) is 13.8 Å². The van der Waals surface area contributed by atoms with Gasteiger partial charge in [0, 0.05) is 30.7 Å². The number of hydrogen-bond donors (Lipinski definition) is 2. The Bertz CT molecular complexity index is 263. The SMILES string of the molecule is Cc1cc(NCC(C)CO)ccn1. The maximum absolute atomic E-state index is 8.82. The van der Waals surface area contributed by atoms with Crippen LogP contribution in [0.1, 0.15) is 12.6 Å². The molecular weight excluding hydrogens is 164 g/mol. The molecule has 0 aliphatic rings. The zero-order valence-electron chi connectivity index (χ0n) is 8.12. The Morgan fingerprint density at radius 2 is 2.38 bits per heavy atom. The van der Waals surface area contributed by atoms with Crippen LogP contribution in [-0.4, -0.2) is 23.2 Å². The first kappa shape index (κ1) is 9.99. The molecule has 0 radical (unpaired) electrons. The third-order valence-corrected chi connectivity index (χ3v) is 1.86. The maximum atomic E-state index is 8.82.